The highest BCUT2D eigenvalue weighted by molar-refractivity contribution is 5.42. The van der Waals surface area contributed by atoms with E-state index in [1.54, 1.807) is 0 Å². The topological polar surface area (TPSA) is 31.4 Å². The van der Waals surface area contributed by atoms with E-state index in [4.69, 9.17) is 0 Å². The van der Waals surface area contributed by atoms with E-state index in [1.807, 2.05) is 6.20 Å². The molecule has 0 aliphatic carbocycles. The zero-order chi connectivity index (χ0) is 14.7. The maximum absolute atomic E-state index is 4.64. The van der Waals surface area contributed by atoms with E-state index in [0.29, 0.717) is 6.04 Å². The molecule has 2 aliphatic heterocycles. The van der Waals surface area contributed by atoms with E-state index in [1.165, 1.54) is 37.9 Å². The normalized spacial score (nSPS) is 24.7. The Balaban J connectivity index is 1.74. The van der Waals surface area contributed by atoms with E-state index in [9.17, 15) is 0 Å². The zero-order valence-electron chi connectivity index (χ0n) is 13.4. The van der Waals surface area contributed by atoms with Gasteiger partial charge in [0.05, 0.1) is 0 Å². The van der Waals surface area contributed by atoms with Gasteiger partial charge in [-0.2, -0.15) is 0 Å². The lowest BCUT2D eigenvalue weighted by molar-refractivity contribution is 0.273. The Kier molecular flexibility index (Phi) is 4.76. The van der Waals surface area contributed by atoms with Crippen LogP contribution in [0.15, 0.2) is 18.3 Å². The Morgan fingerprint density at radius 2 is 2.19 bits per heavy atom. The van der Waals surface area contributed by atoms with Crippen LogP contribution >= 0.6 is 0 Å². The van der Waals surface area contributed by atoms with Gasteiger partial charge in [-0.1, -0.05) is 6.92 Å². The number of pyridine rings is 1. The number of fused-ring (bicyclic) bond motifs is 1. The van der Waals surface area contributed by atoms with Gasteiger partial charge in [-0.05, 0) is 57.0 Å². The van der Waals surface area contributed by atoms with Gasteiger partial charge < -0.3 is 10.2 Å². The lowest BCUT2D eigenvalue weighted by Gasteiger charge is -2.27. The third-order valence-electron chi connectivity index (χ3n) is 4.91. The van der Waals surface area contributed by atoms with Crippen LogP contribution in [0.3, 0.4) is 0 Å². The average Bonchev–Trinajstić information content (AvgIpc) is 2.84. The van der Waals surface area contributed by atoms with Crippen molar-refractivity contribution in [3.05, 3.63) is 23.9 Å². The van der Waals surface area contributed by atoms with Crippen LogP contribution in [0.1, 0.15) is 44.7 Å². The monoisotopic (exact) mass is 288 g/mol. The van der Waals surface area contributed by atoms with Gasteiger partial charge in [-0.15, -0.1) is 0 Å². The van der Waals surface area contributed by atoms with Crippen molar-refractivity contribution in [1.29, 1.82) is 0 Å². The molecule has 2 aliphatic rings. The minimum Gasteiger partial charge on any atom is -0.355 e. The molecule has 4 heteroatoms. The first-order valence-electron chi connectivity index (χ1n) is 8.46. The largest absolute Gasteiger partial charge is 0.355 e. The van der Waals surface area contributed by atoms with Gasteiger partial charge in [0.25, 0.3) is 0 Å². The highest BCUT2D eigenvalue weighted by Gasteiger charge is 2.29. The van der Waals surface area contributed by atoms with E-state index < -0.39 is 0 Å². The second-order valence-electron chi connectivity index (χ2n) is 6.36. The summed E-state index contributed by atoms with van der Waals surface area (Å²) in [4.78, 5) is 9.81. The molecule has 0 aromatic carbocycles. The van der Waals surface area contributed by atoms with Gasteiger partial charge in [0.15, 0.2) is 0 Å². The maximum atomic E-state index is 4.64. The van der Waals surface area contributed by atoms with Gasteiger partial charge in [0.1, 0.15) is 5.82 Å². The molecule has 2 saturated heterocycles. The molecule has 0 spiro atoms. The van der Waals surface area contributed by atoms with Crippen molar-refractivity contribution in [2.75, 3.05) is 37.6 Å². The number of nitrogens with one attached hydrogen (secondary N) is 1. The van der Waals surface area contributed by atoms with Gasteiger partial charge in [0, 0.05) is 37.9 Å². The van der Waals surface area contributed by atoms with Crippen molar-refractivity contribution in [3.63, 3.8) is 0 Å². The molecule has 3 heterocycles. The molecule has 2 unspecified atom stereocenters. The van der Waals surface area contributed by atoms with Crippen LogP contribution in [0.4, 0.5) is 5.82 Å². The summed E-state index contributed by atoms with van der Waals surface area (Å²) < 4.78 is 0. The number of rotatable bonds is 4. The number of anilines is 1. The van der Waals surface area contributed by atoms with Crippen LogP contribution in [0.5, 0.6) is 0 Å². The van der Waals surface area contributed by atoms with Crippen molar-refractivity contribution in [1.82, 2.24) is 15.2 Å². The molecule has 21 heavy (non-hydrogen) atoms. The lowest BCUT2D eigenvalue weighted by atomic mass is 10.1. The Morgan fingerprint density at radius 1 is 1.33 bits per heavy atom. The molecule has 0 amide bonds. The Morgan fingerprint density at radius 3 is 3.05 bits per heavy atom. The molecule has 0 radical (unpaired) electrons. The molecule has 1 N–H and O–H groups in total. The Hall–Kier alpha value is -1.13. The quantitative estimate of drug-likeness (QED) is 0.922. The molecular weight excluding hydrogens is 260 g/mol. The predicted molar refractivity (Wildman–Crippen MR) is 87.8 cm³/mol. The highest BCUT2D eigenvalue weighted by Crippen LogP contribution is 2.25. The first kappa shape index (κ1) is 14.8. The molecule has 116 valence electrons. The van der Waals surface area contributed by atoms with E-state index >= 15 is 0 Å². The summed E-state index contributed by atoms with van der Waals surface area (Å²) in [5, 5.41) is 3.49. The molecule has 0 saturated carbocycles. The van der Waals surface area contributed by atoms with Gasteiger partial charge >= 0.3 is 0 Å². The van der Waals surface area contributed by atoms with E-state index in [-0.39, 0.29) is 0 Å². The number of nitrogens with zero attached hydrogens (tertiary/aromatic N) is 3. The van der Waals surface area contributed by atoms with Crippen LogP contribution < -0.4 is 10.2 Å². The van der Waals surface area contributed by atoms with Crippen molar-refractivity contribution in [2.24, 2.45) is 0 Å². The smallest absolute Gasteiger partial charge is 0.128 e. The standard InChI is InChI=1S/C17H28N4/c1-3-18-14(2)15-7-8-19-17(12-15)21-11-5-10-20-9-4-6-16(20)13-21/h7-8,12,14,16,18H,3-6,9-11,13H2,1-2H3. The number of hydrogen-bond acceptors (Lipinski definition) is 4. The van der Waals surface area contributed by atoms with Crippen LogP contribution in [0, 0.1) is 0 Å². The second kappa shape index (κ2) is 6.75. The van der Waals surface area contributed by atoms with Crippen molar-refractivity contribution in [3.8, 4) is 0 Å². The average molecular weight is 288 g/mol. The first-order chi connectivity index (χ1) is 10.3. The lowest BCUT2D eigenvalue weighted by Crippen LogP contribution is -2.37. The SMILES string of the molecule is CCNC(C)c1ccnc(N2CCCN3CCCC3C2)c1. The summed E-state index contributed by atoms with van der Waals surface area (Å²) >= 11 is 0. The van der Waals surface area contributed by atoms with Crippen LogP contribution in [-0.4, -0.2) is 48.6 Å². The van der Waals surface area contributed by atoms with Crippen LogP contribution in [0.25, 0.3) is 0 Å². The molecule has 1 aromatic rings. The molecule has 1 aromatic heterocycles. The predicted octanol–water partition coefficient (Wildman–Crippen LogP) is 2.43. The van der Waals surface area contributed by atoms with Gasteiger partial charge in [-0.25, -0.2) is 4.98 Å². The van der Waals surface area contributed by atoms with Crippen molar-refractivity contribution < 1.29 is 0 Å². The molecule has 2 fully saturated rings. The fourth-order valence-corrected chi connectivity index (χ4v) is 3.72. The number of hydrogen-bond donors (Lipinski definition) is 1. The van der Waals surface area contributed by atoms with Crippen LogP contribution in [0.2, 0.25) is 0 Å². The third kappa shape index (κ3) is 3.38. The summed E-state index contributed by atoms with van der Waals surface area (Å²) in [5.74, 6) is 1.16. The van der Waals surface area contributed by atoms with Crippen LogP contribution in [-0.2, 0) is 0 Å². The molecule has 0 bridgehead atoms. The third-order valence-corrected chi connectivity index (χ3v) is 4.91. The van der Waals surface area contributed by atoms with Gasteiger partial charge in [0.2, 0.25) is 0 Å². The Labute approximate surface area is 128 Å². The van der Waals surface area contributed by atoms with E-state index in [2.05, 4.69) is 46.1 Å². The molecular formula is C17H28N4. The fraction of sp³-hybridized carbons (Fsp3) is 0.706. The summed E-state index contributed by atoms with van der Waals surface area (Å²) in [6, 6.07) is 5.55. The fourth-order valence-electron chi connectivity index (χ4n) is 3.72. The zero-order valence-corrected chi connectivity index (χ0v) is 13.4. The second-order valence-corrected chi connectivity index (χ2v) is 6.36. The van der Waals surface area contributed by atoms with Crippen molar-refractivity contribution in [2.45, 2.75) is 45.2 Å². The van der Waals surface area contributed by atoms with Gasteiger partial charge in [-0.3, -0.25) is 4.90 Å². The summed E-state index contributed by atoms with van der Waals surface area (Å²) in [5.41, 5.74) is 1.34. The number of aromatic nitrogens is 1. The molecule has 3 rings (SSSR count). The first-order valence-corrected chi connectivity index (χ1v) is 8.46. The van der Waals surface area contributed by atoms with Crippen molar-refractivity contribution >= 4 is 5.82 Å². The molecule has 2 atom stereocenters. The summed E-state index contributed by atoms with van der Waals surface area (Å²) in [6.45, 7) is 10.2. The van der Waals surface area contributed by atoms with E-state index in [0.717, 1.165) is 31.5 Å². The minimum atomic E-state index is 0.395. The minimum absolute atomic E-state index is 0.395. The summed E-state index contributed by atoms with van der Waals surface area (Å²) in [6.07, 6.45) is 5.94. The molecule has 4 nitrogen and oxygen atoms in total. The maximum Gasteiger partial charge on any atom is 0.128 e. The highest BCUT2D eigenvalue weighted by atomic mass is 15.3. The Bertz CT molecular complexity index is 462. The summed E-state index contributed by atoms with van der Waals surface area (Å²) in [7, 11) is 0.